The van der Waals surface area contributed by atoms with Gasteiger partial charge < -0.3 is 16.0 Å². The van der Waals surface area contributed by atoms with Crippen LogP contribution in [0.2, 0.25) is 0 Å². The molecule has 1 aliphatic carbocycles. The summed E-state index contributed by atoms with van der Waals surface area (Å²) in [4.78, 5) is 14.6. The van der Waals surface area contributed by atoms with Crippen molar-refractivity contribution in [2.24, 2.45) is 5.73 Å². The van der Waals surface area contributed by atoms with E-state index in [2.05, 4.69) is 24.3 Å². The molecule has 1 aromatic carbocycles. The number of nitrogens with zero attached hydrogens (tertiary/aromatic N) is 1. The van der Waals surface area contributed by atoms with Gasteiger partial charge in [0.05, 0.1) is 0 Å². The highest BCUT2D eigenvalue weighted by Crippen LogP contribution is 2.22. The summed E-state index contributed by atoms with van der Waals surface area (Å²) in [5, 5.41) is 3.13. The fourth-order valence-electron chi connectivity index (χ4n) is 2.98. The normalized spacial score (nSPS) is 21.8. The zero-order chi connectivity index (χ0) is 15.4. The van der Waals surface area contributed by atoms with Gasteiger partial charge in [0, 0.05) is 12.1 Å². The largest absolute Gasteiger partial charge is 0.352 e. The Hall–Kier alpha value is -0.810. The van der Waals surface area contributed by atoms with Crippen molar-refractivity contribution in [1.82, 2.24) is 10.2 Å². The second-order valence-corrected chi connectivity index (χ2v) is 6.38. The molecule has 1 aliphatic rings. The van der Waals surface area contributed by atoms with Gasteiger partial charge in [-0.25, -0.2) is 0 Å². The summed E-state index contributed by atoms with van der Waals surface area (Å²) in [6.07, 6.45) is 4.44. The molecule has 0 radical (unpaired) electrons. The standard InChI is InChI=1S/C17H27N3O.2ClH/c1-12-7-9-13(10-8-12)16(18)17(21)19-14-5-4-6-15(11-14)20(2)3;;/h7-10,14-16H,4-6,11,18H2,1-3H3,(H,19,21);2*1H. The average molecular weight is 362 g/mol. The highest BCUT2D eigenvalue weighted by molar-refractivity contribution is 5.85. The summed E-state index contributed by atoms with van der Waals surface area (Å²) in [5.74, 6) is -0.0664. The monoisotopic (exact) mass is 361 g/mol. The van der Waals surface area contributed by atoms with Crippen LogP contribution in [0.3, 0.4) is 0 Å². The van der Waals surface area contributed by atoms with Crippen LogP contribution in [0.25, 0.3) is 0 Å². The molecule has 3 N–H and O–H groups in total. The van der Waals surface area contributed by atoms with E-state index in [0.717, 1.165) is 24.8 Å². The Morgan fingerprint density at radius 3 is 2.39 bits per heavy atom. The second kappa shape index (κ2) is 10.1. The Morgan fingerprint density at radius 2 is 1.83 bits per heavy atom. The van der Waals surface area contributed by atoms with Crippen LogP contribution in [0.15, 0.2) is 24.3 Å². The number of aryl methyl sites for hydroxylation is 1. The summed E-state index contributed by atoms with van der Waals surface area (Å²) < 4.78 is 0. The third-order valence-corrected chi connectivity index (χ3v) is 4.44. The fraction of sp³-hybridized carbons (Fsp3) is 0.588. The van der Waals surface area contributed by atoms with Gasteiger partial charge in [0.15, 0.2) is 0 Å². The van der Waals surface area contributed by atoms with Gasteiger partial charge in [-0.3, -0.25) is 4.79 Å². The van der Waals surface area contributed by atoms with E-state index in [-0.39, 0.29) is 36.8 Å². The smallest absolute Gasteiger partial charge is 0.241 e. The first-order chi connectivity index (χ1) is 9.97. The van der Waals surface area contributed by atoms with Gasteiger partial charge >= 0.3 is 0 Å². The van der Waals surface area contributed by atoms with Gasteiger partial charge in [0.25, 0.3) is 0 Å². The molecule has 1 fully saturated rings. The van der Waals surface area contributed by atoms with Crippen molar-refractivity contribution in [1.29, 1.82) is 0 Å². The second-order valence-electron chi connectivity index (χ2n) is 6.38. The van der Waals surface area contributed by atoms with Crippen LogP contribution in [-0.2, 0) is 4.79 Å². The Kier molecular flexibility index (Phi) is 9.78. The van der Waals surface area contributed by atoms with Crippen molar-refractivity contribution in [3.05, 3.63) is 35.4 Å². The van der Waals surface area contributed by atoms with Crippen molar-refractivity contribution < 1.29 is 4.79 Å². The predicted octanol–water partition coefficient (Wildman–Crippen LogP) is 2.83. The van der Waals surface area contributed by atoms with Gasteiger partial charge in [-0.15, -0.1) is 24.8 Å². The molecule has 3 atom stereocenters. The van der Waals surface area contributed by atoms with Crippen molar-refractivity contribution in [2.75, 3.05) is 14.1 Å². The van der Waals surface area contributed by atoms with Gasteiger partial charge in [-0.05, 0) is 52.3 Å². The zero-order valence-electron chi connectivity index (χ0n) is 14.1. The third-order valence-electron chi connectivity index (χ3n) is 4.44. The number of rotatable bonds is 4. The van der Waals surface area contributed by atoms with Crippen LogP contribution < -0.4 is 11.1 Å². The Labute approximate surface area is 152 Å². The topological polar surface area (TPSA) is 58.4 Å². The van der Waals surface area contributed by atoms with Gasteiger partial charge in [0.1, 0.15) is 6.04 Å². The van der Waals surface area contributed by atoms with Crippen molar-refractivity contribution in [3.63, 3.8) is 0 Å². The van der Waals surface area contributed by atoms with Crippen molar-refractivity contribution >= 4 is 30.7 Å². The van der Waals surface area contributed by atoms with E-state index in [9.17, 15) is 4.79 Å². The molecule has 0 spiro atoms. The van der Waals surface area contributed by atoms with E-state index >= 15 is 0 Å². The van der Waals surface area contributed by atoms with E-state index in [0.29, 0.717) is 6.04 Å². The molecule has 1 saturated carbocycles. The number of hydrogen-bond donors (Lipinski definition) is 2. The number of amides is 1. The number of nitrogens with one attached hydrogen (secondary N) is 1. The van der Waals surface area contributed by atoms with E-state index in [1.165, 1.54) is 12.0 Å². The van der Waals surface area contributed by atoms with Crippen LogP contribution in [-0.4, -0.2) is 37.0 Å². The zero-order valence-corrected chi connectivity index (χ0v) is 15.8. The molecule has 4 nitrogen and oxygen atoms in total. The first kappa shape index (κ1) is 22.2. The maximum absolute atomic E-state index is 12.3. The van der Waals surface area contributed by atoms with Crippen LogP contribution in [0.1, 0.15) is 42.9 Å². The predicted molar refractivity (Wildman–Crippen MR) is 100 cm³/mol. The Balaban J connectivity index is 0.00000242. The van der Waals surface area contributed by atoms with Gasteiger partial charge in [0.2, 0.25) is 5.91 Å². The molecule has 0 saturated heterocycles. The summed E-state index contributed by atoms with van der Waals surface area (Å²) in [7, 11) is 4.21. The molecule has 0 heterocycles. The van der Waals surface area contributed by atoms with E-state index < -0.39 is 6.04 Å². The number of nitrogens with two attached hydrogens (primary N) is 1. The molecule has 3 unspecified atom stereocenters. The van der Waals surface area contributed by atoms with E-state index in [1.807, 2.05) is 31.2 Å². The minimum Gasteiger partial charge on any atom is -0.352 e. The molecule has 132 valence electrons. The van der Waals surface area contributed by atoms with E-state index in [4.69, 9.17) is 5.73 Å². The number of carbonyl (C=O) groups excluding carboxylic acids is 1. The summed E-state index contributed by atoms with van der Waals surface area (Å²) in [6, 6.07) is 8.07. The van der Waals surface area contributed by atoms with Crippen LogP contribution in [0.4, 0.5) is 0 Å². The molecule has 1 amide bonds. The minimum absolute atomic E-state index is 0. The molecule has 0 aliphatic heterocycles. The first-order valence-corrected chi connectivity index (χ1v) is 7.76. The lowest BCUT2D eigenvalue weighted by atomic mass is 9.90. The molecule has 23 heavy (non-hydrogen) atoms. The molecular formula is C17H29Cl2N3O. The SMILES string of the molecule is Cc1ccc(C(N)C(=O)NC2CCCC(N(C)C)C2)cc1.Cl.Cl. The lowest BCUT2D eigenvalue weighted by Gasteiger charge is -2.34. The summed E-state index contributed by atoms with van der Waals surface area (Å²) in [5.41, 5.74) is 8.12. The van der Waals surface area contributed by atoms with Crippen LogP contribution in [0.5, 0.6) is 0 Å². The lowest BCUT2D eigenvalue weighted by molar-refractivity contribution is -0.123. The van der Waals surface area contributed by atoms with Crippen molar-refractivity contribution in [2.45, 2.75) is 50.7 Å². The van der Waals surface area contributed by atoms with Gasteiger partial charge in [-0.2, -0.15) is 0 Å². The number of carbonyl (C=O) groups is 1. The molecule has 2 rings (SSSR count). The van der Waals surface area contributed by atoms with Crippen molar-refractivity contribution in [3.8, 4) is 0 Å². The fourth-order valence-corrected chi connectivity index (χ4v) is 2.98. The first-order valence-electron chi connectivity index (χ1n) is 7.76. The molecular weight excluding hydrogens is 333 g/mol. The Bertz CT molecular complexity index is 479. The van der Waals surface area contributed by atoms with Crippen LogP contribution >= 0.6 is 24.8 Å². The summed E-state index contributed by atoms with van der Waals surface area (Å²) in [6.45, 7) is 2.03. The third kappa shape index (κ3) is 6.30. The minimum atomic E-state index is -0.578. The number of hydrogen-bond acceptors (Lipinski definition) is 3. The average Bonchev–Trinajstić information content (AvgIpc) is 2.47. The molecule has 1 aromatic rings. The lowest BCUT2D eigenvalue weighted by Crippen LogP contribution is -2.46. The van der Waals surface area contributed by atoms with Gasteiger partial charge in [-0.1, -0.05) is 29.8 Å². The maximum atomic E-state index is 12.3. The molecule has 6 heteroatoms. The Morgan fingerprint density at radius 1 is 1.22 bits per heavy atom. The highest BCUT2D eigenvalue weighted by atomic mass is 35.5. The summed E-state index contributed by atoms with van der Waals surface area (Å²) >= 11 is 0. The number of benzene rings is 1. The number of halogens is 2. The molecule has 0 bridgehead atoms. The highest BCUT2D eigenvalue weighted by Gasteiger charge is 2.26. The molecule has 0 aromatic heterocycles. The quantitative estimate of drug-likeness (QED) is 0.866. The van der Waals surface area contributed by atoms with Crippen LogP contribution in [0, 0.1) is 6.92 Å². The maximum Gasteiger partial charge on any atom is 0.241 e. The van der Waals surface area contributed by atoms with E-state index in [1.54, 1.807) is 0 Å².